The Balaban J connectivity index is 1.64. The lowest BCUT2D eigenvalue weighted by atomic mass is 10.2. The molecule has 0 spiro atoms. The quantitative estimate of drug-likeness (QED) is 0.533. The third kappa shape index (κ3) is 5.27. The molecule has 3 rings (SSSR count). The summed E-state index contributed by atoms with van der Waals surface area (Å²) < 4.78 is 55.9. The summed E-state index contributed by atoms with van der Waals surface area (Å²) in [7, 11) is -6.24. The van der Waals surface area contributed by atoms with Crippen molar-refractivity contribution in [3.8, 4) is 0 Å². The summed E-state index contributed by atoms with van der Waals surface area (Å²) in [6, 6.07) is 6.46. The van der Waals surface area contributed by atoms with Crippen LogP contribution in [0, 0.1) is 6.92 Å². The fourth-order valence-corrected chi connectivity index (χ4v) is 6.25. The Morgan fingerprint density at radius 2 is 1.58 bits per heavy atom. The van der Waals surface area contributed by atoms with Crippen molar-refractivity contribution in [3.05, 3.63) is 47.8 Å². The predicted octanol–water partition coefficient (Wildman–Crippen LogP) is -0.368. The molecule has 2 amide bonds. The van der Waals surface area contributed by atoms with Crippen molar-refractivity contribution in [3.63, 3.8) is 0 Å². The minimum atomic E-state index is -3.88. The molecular formula is C20H27N5O6S2. The van der Waals surface area contributed by atoms with E-state index >= 15 is 0 Å². The first-order valence-corrected chi connectivity index (χ1v) is 13.1. The Morgan fingerprint density at radius 1 is 1.00 bits per heavy atom. The second-order valence-electron chi connectivity index (χ2n) is 7.92. The molecule has 1 aliphatic heterocycles. The summed E-state index contributed by atoms with van der Waals surface area (Å²) in [4.78, 5) is 25.6. The summed E-state index contributed by atoms with van der Waals surface area (Å²) in [5.74, 6) is -1.19. The van der Waals surface area contributed by atoms with E-state index in [0.29, 0.717) is 0 Å². The van der Waals surface area contributed by atoms with Crippen LogP contribution in [0.4, 0.5) is 0 Å². The lowest BCUT2D eigenvalue weighted by Crippen LogP contribution is -2.55. The minimum absolute atomic E-state index is 0.0340. The summed E-state index contributed by atoms with van der Waals surface area (Å²) in [5.41, 5.74) is 6.23. The molecule has 1 aromatic carbocycles. The highest BCUT2D eigenvalue weighted by Crippen LogP contribution is 2.20. The number of carbonyl (C=O) groups excluding carboxylic acids is 2. The van der Waals surface area contributed by atoms with Gasteiger partial charge in [0.25, 0.3) is 5.91 Å². The van der Waals surface area contributed by atoms with E-state index in [-0.39, 0.29) is 41.7 Å². The number of rotatable bonds is 7. The molecule has 1 atom stereocenters. The van der Waals surface area contributed by atoms with E-state index in [1.165, 1.54) is 52.1 Å². The first-order chi connectivity index (χ1) is 15.3. The molecule has 33 heavy (non-hydrogen) atoms. The van der Waals surface area contributed by atoms with Gasteiger partial charge in [0.1, 0.15) is 10.6 Å². The molecule has 2 heterocycles. The molecule has 11 nitrogen and oxygen atoms in total. The molecule has 3 N–H and O–H groups in total. The monoisotopic (exact) mass is 497 g/mol. The number of nitrogens with one attached hydrogen (secondary N) is 1. The zero-order valence-electron chi connectivity index (χ0n) is 18.6. The van der Waals surface area contributed by atoms with Gasteiger partial charge in [0.15, 0.2) is 0 Å². The number of hydrogen-bond acceptors (Lipinski definition) is 6. The SMILES string of the molecule is Cc1ccc(S(=O)(=O)N[C@@H](C)C(=O)N2CCN(S(=O)(=O)c3cc(C(N)=O)n(C)c3)CC2)cc1. The number of piperazine rings is 1. The van der Waals surface area contributed by atoms with Gasteiger partial charge >= 0.3 is 0 Å². The molecule has 0 radical (unpaired) electrons. The van der Waals surface area contributed by atoms with Gasteiger partial charge in [-0.1, -0.05) is 17.7 Å². The Kier molecular flexibility index (Phi) is 6.98. The highest BCUT2D eigenvalue weighted by molar-refractivity contribution is 7.89. The normalized spacial score (nSPS) is 16.5. The van der Waals surface area contributed by atoms with E-state index in [1.54, 1.807) is 12.1 Å². The molecule has 2 aromatic rings. The maximum absolute atomic E-state index is 12.9. The summed E-state index contributed by atoms with van der Waals surface area (Å²) in [5, 5.41) is 0. The Hall–Kier alpha value is -2.74. The van der Waals surface area contributed by atoms with Crippen LogP contribution in [-0.4, -0.2) is 74.6 Å². The van der Waals surface area contributed by atoms with E-state index in [0.717, 1.165) is 5.56 Å². The van der Waals surface area contributed by atoms with Crippen LogP contribution in [-0.2, 0) is 31.9 Å². The first-order valence-electron chi connectivity index (χ1n) is 10.2. The molecule has 180 valence electrons. The Bertz CT molecular complexity index is 1260. The van der Waals surface area contributed by atoms with Crippen molar-refractivity contribution in [2.24, 2.45) is 12.8 Å². The van der Waals surface area contributed by atoms with Crippen LogP contribution in [0.2, 0.25) is 0 Å². The molecule has 0 aliphatic carbocycles. The van der Waals surface area contributed by atoms with Crippen molar-refractivity contribution >= 4 is 31.9 Å². The molecule has 1 aromatic heterocycles. The third-order valence-electron chi connectivity index (χ3n) is 5.45. The zero-order valence-corrected chi connectivity index (χ0v) is 20.2. The van der Waals surface area contributed by atoms with Crippen LogP contribution in [0.5, 0.6) is 0 Å². The molecule has 0 bridgehead atoms. The number of amides is 2. The zero-order chi connectivity index (χ0) is 24.6. The highest BCUT2D eigenvalue weighted by atomic mass is 32.2. The van der Waals surface area contributed by atoms with Gasteiger partial charge < -0.3 is 15.2 Å². The van der Waals surface area contributed by atoms with Crippen molar-refractivity contribution in [2.45, 2.75) is 29.7 Å². The lowest BCUT2D eigenvalue weighted by Gasteiger charge is -2.35. The van der Waals surface area contributed by atoms with E-state index in [2.05, 4.69) is 4.72 Å². The van der Waals surface area contributed by atoms with Crippen LogP contribution in [0.1, 0.15) is 23.0 Å². The number of hydrogen-bond donors (Lipinski definition) is 2. The van der Waals surface area contributed by atoms with Gasteiger partial charge in [-0.2, -0.15) is 9.03 Å². The topological polar surface area (TPSA) is 152 Å². The average molecular weight is 498 g/mol. The van der Waals surface area contributed by atoms with Crippen LogP contribution in [0.15, 0.2) is 46.3 Å². The predicted molar refractivity (Wildman–Crippen MR) is 120 cm³/mol. The largest absolute Gasteiger partial charge is 0.364 e. The molecule has 0 saturated carbocycles. The summed E-state index contributed by atoms with van der Waals surface area (Å²) in [6.45, 7) is 3.56. The molecule has 1 fully saturated rings. The van der Waals surface area contributed by atoms with Crippen molar-refractivity contribution in [1.82, 2.24) is 18.5 Å². The van der Waals surface area contributed by atoms with Gasteiger partial charge in [0.2, 0.25) is 26.0 Å². The third-order valence-corrected chi connectivity index (χ3v) is 8.87. The van der Waals surface area contributed by atoms with Gasteiger partial charge in [0.05, 0.1) is 10.9 Å². The molecule has 13 heteroatoms. The first kappa shape index (κ1) is 24.9. The van der Waals surface area contributed by atoms with E-state index in [9.17, 15) is 26.4 Å². The smallest absolute Gasteiger partial charge is 0.265 e. The number of aromatic nitrogens is 1. The number of nitrogens with two attached hydrogens (primary N) is 1. The van der Waals surface area contributed by atoms with Crippen molar-refractivity contribution in [2.75, 3.05) is 26.2 Å². The van der Waals surface area contributed by atoms with Gasteiger partial charge in [-0.25, -0.2) is 16.8 Å². The Morgan fingerprint density at radius 3 is 2.09 bits per heavy atom. The average Bonchev–Trinajstić information content (AvgIpc) is 3.16. The van der Waals surface area contributed by atoms with Crippen LogP contribution in [0.3, 0.4) is 0 Å². The fraction of sp³-hybridized carbons (Fsp3) is 0.400. The maximum Gasteiger partial charge on any atom is 0.265 e. The Labute approximate surface area is 193 Å². The minimum Gasteiger partial charge on any atom is -0.364 e. The van der Waals surface area contributed by atoms with E-state index < -0.39 is 37.9 Å². The van der Waals surface area contributed by atoms with Crippen molar-refractivity contribution in [1.29, 1.82) is 0 Å². The standard InChI is InChI=1S/C20H27N5O6S2/c1-14-4-6-16(7-5-14)32(28,29)22-15(2)20(27)24-8-10-25(11-9-24)33(30,31)17-12-18(19(21)26)23(3)13-17/h4-7,12-13,15,22H,8-11H2,1-3H3,(H2,21,26)/t15-/m0/s1. The number of nitrogens with zero attached hydrogens (tertiary/aromatic N) is 3. The maximum atomic E-state index is 12.9. The molecule has 0 unspecified atom stereocenters. The molecule has 1 aliphatic rings. The number of benzene rings is 1. The molecular weight excluding hydrogens is 470 g/mol. The van der Waals surface area contributed by atoms with Gasteiger partial charge in [-0.15, -0.1) is 0 Å². The van der Waals surface area contributed by atoms with E-state index in [1.807, 2.05) is 6.92 Å². The number of aryl methyl sites for hydroxylation is 2. The van der Waals surface area contributed by atoms with Gasteiger partial charge in [-0.3, -0.25) is 9.59 Å². The van der Waals surface area contributed by atoms with Crippen LogP contribution >= 0.6 is 0 Å². The van der Waals surface area contributed by atoms with Crippen LogP contribution in [0.25, 0.3) is 0 Å². The second-order valence-corrected chi connectivity index (χ2v) is 11.6. The molecule has 1 saturated heterocycles. The van der Waals surface area contributed by atoms with Gasteiger partial charge in [0, 0.05) is 39.4 Å². The van der Waals surface area contributed by atoms with Crippen LogP contribution < -0.4 is 10.5 Å². The fourth-order valence-electron chi connectivity index (χ4n) is 3.56. The van der Waals surface area contributed by atoms with Crippen molar-refractivity contribution < 1.29 is 26.4 Å². The summed E-state index contributed by atoms with van der Waals surface area (Å²) in [6.07, 6.45) is 1.31. The number of sulfonamides is 2. The highest BCUT2D eigenvalue weighted by Gasteiger charge is 2.33. The van der Waals surface area contributed by atoms with Gasteiger partial charge in [-0.05, 0) is 32.0 Å². The second kappa shape index (κ2) is 9.25. The number of primary amides is 1. The van der Waals surface area contributed by atoms with E-state index in [4.69, 9.17) is 5.73 Å². The summed E-state index contributed by atoms with van der Waals surface area (Å²) >= 11 is 0. The lowest BCUT2D eigenvalue weighted by molar-refractivity contribution is -0.133. The number of carbonyl (C=O) groups is 2.